The molecule has 0 aromatic carbocycles. The molecule has 0 bridgehead atoms. The maximum atomic E-state index is 12.6. The van der Waals surface area contributed by atoms with E-state index in [1.807, 2.05) is 19.9 Å². The van der Waals surface area contributed by atoms with E-state index in [0.717, 1.165) is 11.4 Å². The quantitative estimate of drug-likeness (QED) is 0.821. The molecule has 2 aromatic heterocycles. The lowest BCUT2D eigenvalue weighted by atomic mass is 10.3. The summed E-state index contributed by atoms with van der Waals surface area (Å²) in [6, 6.07) is 1.87. The van der Waals surface area contributed by atoms with Crippen LogP contribution < -0.4 is 5.32 Å². The van der Waals surface area contributed by atoms with E-state index in [4.69, 9.17) is 0 Å². The minimum absolute atomic E-state index is 0.205. The van der Waals surface area contributed by atoms with Gasteiger partial charge in [-0.25, -0.2) is 23.4 Å². The van der Waals surface area contributed by atoms with E-state index in [1.165, 1.54) is 21.9 Å². The fraction of sp³-hybridized carbons (Fsp3) is 0.467. The number of aromatic nitrogens is 3. The summed E-state index contributed by atoms with van der Waals surface area (Å²) >= 11 is 1.30. The molecule has 0 radical (unpaired) electrons. The summed E-state index contributed by atoms with van der Waals surface area (Å²) in [6.07, 6.45) is 1.18. The van der Waals surface area contributed by atoms with Crippen LogP contribution in [0.15, 0.2) is 11.4 Å². The zero-order valence-electron chi connectivity index (χ0n) is 14.8. The van der Waals surface area contributed by atoms with Crippen molar-refractivity contribution < 1.29 is 13.2 Å². The fourth-order valence-electron chi connectivity index (χ4n) is 2.69. The van der Waals surface area contributed by atoms with Gasteiger partial charge in [0, 0.05) is 42.9 Å². The van der Waals surface area contributed by atoms with Crippen LogP contribution in [0.4, 0.5) is 11.1 Å². The fourth-order valence-corrected chi connectivity index (χ4v) is 4.20. The van der Waals surface area contributed by atoms with Crippen molar-refractivity contribution in [3.8, 4) is 0 Å². The predicted octanol–water partition coefficient (Wildman–Crippen LogP) is 1.01. The van der Waals surface area contributed by atoms with Gasteiger partial charge in [-0.3, -0.25) is 4.79 Å². The molecule has 3 heterocycles. The average Bonchev–Trinajstić information content (AvgIpc) is 3.01. The topological polar surface area (TPSA) is 108 Å². The second-order valence-electron chi connectivity index (χ2n) is 6.09. The van der Waals surface area contributed by atoms with Crippen molar-refractivity contribution in [1.82, 2.24) is 24.2 Å². The van der Waals surface area contributed by atoms with Gasteiger partial charge in [-0.2, -0.15) is 4.31 Å². The van der Waals surface area contributed by atoms with Crippen molar-refractivity contribution in [2.24, 2.45) is 0 Å². The molecule has 26 heavy (non-hydrogen) atoms. The molecule has 1 amide bonds. The van der Waals surface area contributed by atoms with Gasteiger partial charge in [0.15, 0.2) is 5.13 Å². The number of rotatable bonds is 4. The Bertz CT molecular complexity index is 899. The highest BCUT2D eigenvalue weighted by Gasteiger charge is 2.27. The van der Waals surface area contributed by atoms with Crippen molar-refractivity contribution in [2.45, 2.75) is 13.8 Å². The van der Waals surface area contributed by atoms with Gasteiger partial charge in [0.1, 0.15) is 5.69 Å². The maximum absolute atomic E-state index is 12.6. The van der Waals surface area contributed by atoms with Crippen LogP contribution in [0.2, 0.25) is 0 Å². The summed E-state index contributed by atoms with van der Waals surface area (Å²) in [5.41, 5.74) is 2.02. The summed E-state index contributed by atoms with van der Waals surface area (Å²) in [5.74, 6) is 0.237. The number of nitrogens with zero attached hydrogens (tertiary/aromatic N) is 5. The molecule has 1 fully saturated rings. The monoisotopic (exact) mass is 396 g/mol. The lowest BCUT2D eigenvalue weighted by Crippen LogP contribution is -2.50. The molecular weight excluding hydrogens is 376 g/mol. The van der Waals surface area contributed by atoms with Gasteiger partial charge in [0.25, 0.3) is 5.91 Å². The van der Waals surface area contributed by atoms with Gasteiger partial charge in [-0.05, 0) is 19.9 Å². The SMILES string of the molecule is Cc1cc(C)nc(Nc2nc(C(=O)N3CCN(S(C)(=O)=O)CC3)cs2)n1. The van der Waals surface area contributed by atoms with Crippen LogP contribution in [0.3, 0.4) is 0 Å². The van der Waals surface area contributed by atoms with Gasteiger partial charge in [-0.1, -0.05) is 0 Å². The van der Waals surface area contributed by atoms with E-state index in [9.17, 15) is 13.2 Å². The summed E-state index contributed by atoms with van der Waals surface area (Å²) in [4.78, 5) is 27.1. The number of hydrogen-bond donors (Lipinski definition) is 1. The first-order valence-electron chi connectivity index (χ1n) is 8.01. The van der Waals surface area contributed by atoms with E-state index >= 15 is 0 Å². The molecule has 0 unspecified atom stereocenters. The molecule has 0 atom stereocenters. The number of anilines is 2. The molecule has 140 valence electrons. The van der Waals surface area contributed by atoms with Gasteiger partial charge in [0.05, 0.1) is 6.26 Å². The number of nitrogens with one attached hydrogen (secondary N) is 1. The summed E-state index contributed by atoms with van der Waals surface area (Å²) in [5, 5.41) is 5.23. The third-order valence-electron chi connectivity index (χ3n) is 3.92. The highest BCUT2D eigenvalue weighted by atomic mass is 32.2. The van der Waals surface area contributed by atoms with Crippen LogP contribution in [0.5, 0.6) is 0 Å². The first-order valence-corrected chi connectivity index (χ1v) is 10.7. The normalized spacial score (nSPS) is 15.9. The predicted molar refractivity (Wildman–Crippen MR) is 99.2 cm³/mol. The van der Waals surface area contributed by atoms with Crippen molar-refractivity contribution in [1.29, 1.82) is 0 Å². The lowest BCUT2D eigenvalue weighted by molar-refractivity contribution is 0.0693. The molecule has 0 saturated carbocycles. The van der Waals surface area contributed by atoms with E-state index < -0.39 is 10.0 Å². The molecule has 1 aliphatic rings. The number of carbonyl (C=O) groups excluding carboxylic acids is 1. The number of amides is 1. The van der Waals surface area contributed by atoms with Crippen LogP contribution in [0.25, 0.3) is 0 Å². The number of sulfonamides is 1. The first kappa shape index (κ1) is 18.7. The smallest absolute Gasteiger partial charge is 0.273 e. The van der Waals surface area contributed by atoms with Gasteiger partial charge in [0.2, 0.25) is 16.0 Å². The Balaban J connectivity index is 1.65. The van der Waals surface area contributed by atoms with Gasteiger partial charge in [-0.15, -0.1) is 11.3 Å². The Morgan fingerprint density at radius 2 is 1.73 bits per heavy atom. The second kappa shape index (κ2) is 7.25. The Hall–Kier alpha value is -2.11. The molecule has 3 rings (SSSR count). The van der Waals surface area contributed by atoms with E-state index in [1.54, 1.807) is 10.3 Å². The largest absolute Gasteiger partial charge is 0.335 e. The van der Waals surface area contributed by atoms with Crippen molar-refractivity contribution >= 4 is 38.3 Å². The molecular formula is C15H20N6O3S2. The highest BCUT2D eigenvalue weighted by molar-refractivity contribution is 7.88. The number of hydrogen-bond acceptors (Lipinski definition) is 8. The van der Waals surface area contributed by atoms with Crippen molar-refractivity contribution in [3.63, 3.8) is 0 Å². The molecule has 11 heteroatoms. The number of piperazine rings is 1. The second-order valence-corrected chi connectivity index (χ2v) is 8.93. The minimum Gasteiger partial charge on any atom is -0.335 e. The number of aryl methyl sites for hydroxylation is 2. The van der Waals surface area contributed by atoms with Gasteiger partial charge >= 0.3 is 0 Å². The molecule has 2 aromatic rings. The zero-order valence-corrected chi connectivity index (χ0v) is 16.4. The van der Waals surface area contributed by atoms with Crippen LogP contribution in [0, 0.1) is 13.8 Å². The zero-order chi connectivity index (χ0) is 18.9. The number of thiazole rings is 1. The van der Waals surface area contributed by atoms with Crippen LogP contribution >= 0.6 is 11.3 Å². The Morgan fingerprint density at radius 3 is 2.31 bits per heavy atom. The number of carbonyl (C=O) groups is 1. The molecule has 1 N–H and O–H groups in total. The van der Waals surface area contributed by atoms with E-state index in [0.29, 0.717) is 43.0 Å². The molecule has 0 aliphatic carbocycles. The Morgan fingerprint density at radius 1 is 1.12 bits per heavy atom. The standard InChI is InChI=1S/C15H20N6O3S2/c1-10-8-11(2)17-14(16-10)19-15-18-12(9-25-15)13(22)20-4-6-21(7-5-20)26(3,23)24/h8-9H,4-7H2,1-3H3,(H,16,17,18,19). The van der Waals surface area contributed by atoms with Gasteiger partial charge < -0.3 is 10.2 Å². The van der Waals surface area contributed by atoms with Crippen molar-refractivity contribution in [2.75, 3.05) is 37.8 Å². The van der Waals surface area contributed by atoms with Crippen LogP contribution in [0.1, 0.15) is 21.9 Å². The Kier molecular flexibility index (Phi) is 5.21. The first-order chi connectivity index (χ1) is 12.2. The van der Waals surface area contributed by atoms with Crippen LogP contribution in [-0.4, -0.2) is 70.9 Å². The summed E-state index contributed by atoms with van der Waals surface area (Å²) in [6.45, 7) is 5.07. The minimum atomic E-state index is -3.22. The summed E-state index contributed by atoms with van der Waals surface area (Å²) in [7, 11) is -3.22. The third-order valence-corrected chi connectivity index (χ3v) is 5.98. The molecule has 1 aliphatic heterocycles. The van der Waals surface area contributed by atoms with Crippen LogP contribution in [-0.2, 0) is 10.0 Å². The van der Waals surface area contributed by atoms with E-state index in [-0.39, 0.29) is 5.91 Å². The third kappa shape index (κ3) is 4.34. The molecule has 0 spiro atoms. The average molecular weight is 396 g/mol. The lowest BCUT2D eigenvalue weighted by Gasteiger charge is -2.32. The maximum Gasteiger partial charge on any atom is 0.273 e. The van der Waals surface area contributed by atoms with Crippen molar-refractivity contribution in [3.05, 3.63) is 28.5 Å². The molecule has 9 nitrogen and oxygen atoms in total. The Labute approximate surface area is 156 Å². The highest BCUT2D eigenvalue weighted by Crippen LogP contribution is 2.21. The summed E-state index contributed by atoms with van der Waals surface area (Å²) < 4.78 is 24.5. The van der Waals surface area contributed by atoms with E-state index in [2.05, 4.69) is 20.3 Å². The molecule has 1 saturated heterocycles.